The zero-order chi connectivity index (χ0) is 18.3. The number of hydrogen-bond acceptors (Lipinski definition) is 5. The second-order valence-electron chi connectivity index (χ2n) is 7.28. The van der Waals surface area contributed by atoms with Crippen LogP contribution in [-0.2, 0) is 4.74 Å². The molecule has 1 saturated heterocycles. The molecule has 0 bridgehead atoms. The standard InChI is InChI=1S/C19H31N3O3/c1-19(2,3)25-18(23)20-10-7-11-21-12-14-22(15-13-21)16-8-5-6-9-17(16)24-4/h5-6,8-9H,7,10-15H2,1-4H3,(H,20,23). The Morgan fingerprint density at radius 1 is 1.16 bits per heavy atom. The van der Waals surface area contributed by atoms with Gasteiger partial charge in [0.1, 0.15) is 11.4 Å². The maximum Gasteiger partial charge on any atom is 0.407 e. The molecule has 1 amide bonds. The molecule has 140 valence electrons. The molecule has 1 aromatic carbocycles. The van der Waals surface area contributed by atoms with E-state index in [0.29, 0.717) is 6.54 Å². The minimum Gasteiger partial charge on any atom is -0.495 e. The minimum absolute atomic E-state index is 0.339. The lowest BCUT2D eigenvalue weighted by atomic mass is 10.2. The van der Waals surface area contributed by atoms with Crippen molar-refractivity contribution >= 4 is 11.8 Å². The van der Waals surface area contributed by atoms with E-state index in [4.69, 9.17) is 9.47 Å². The van der Waals surface area contributed by atoms with Gasteiger partial charge in [-0.2, -0.15) is 0 Å². The average molecular weight is 349 g/mol. The summed E-state index contributed by atoms with van der Waals surface area (Å²) in [5, 5.41) is 2.81. The van der Waals surface area contributed by atoms with Crippen molar-refractivity contribution in [3.05, 3.63) is 24.3 Å². The minimum atomic E-state index is -0.446. The number of ether oxygens (including phenoxy) is 2. The molecule has 1 aromatic rings. The topological polar surface area (TPSA) is 54.0 Å². The Balaban J connectivity index is 1.67. The summed E-state index contributed by atoms with van der Waals surface area (Å²) in [4.78, 5) is 16.4. The van der Waals surface area contributed by atoms with E-state index >= 15 is 0 Å². The summed E-state index contributed by atoms with van der Waals surface area (Å²) in [7, 11) is 1.72. The molecule has 6 heteroatoms. The van der Waals surface area contributed by atoms with E-state index in [-0.39, 0.29) is 6.09 Å². The highest BCUT2D eigenvalue weighted by molar-refractivity contribution is 5.67. The Hall–Kier alpha value is -1.95. The highest BCUT2D eigenvalue weighted by atomic mass is 16.6. The van der Waals surface area contributed by atoms with Crippen LogP contribution >= 0.6 is 0 Å². The van der Waals surface area contributed by atoms with Crippen molar-refractivity contribution in [3.8, 4) is 5.75 Å². The molecule has 1 aliphatic rings. The number of piperazine rings is 1. The van der Waals surface area contributed by atoms with Crippen molar-refractivity contribution in [2.45, 2.75) is 32.8 Å². The molecule has 0 atom stereocenters. The maximum absolute atomic E-state index is 11.6. The number of carbonyl (C=O) groups is 1. The van der Waals surface area contributed by atoms with Crippen molar-refractivity contribution in [3.63, 3.8) is 0 Å². The van der Waals surface area contributed by atoms with Gasteiger partial charge in [0, 0.05) is 32.7 Å². The van der Waals surface area contributed by atoms with Crippen LogP contribution in [0.3, 0.4) is 0 Å². The van der Waals surface area contributed by atoms with Crippen LogP contribution in [0.15, 0.2) is 24.3 Å². The van der Waals surface area contributed by atoms with Crippen LogP contribution in [0.25, 0.3) is 0 Å². The molecular formula is C19H31N3O3. The van der Waals surface area contributed by atoms with Crippen molar-refractivity contribution in [2.24, 2.45) is 0 Å². The largest absolute Gasteiger partial charge is 0.495 e. The van der Waals surface area contributed by atoms with Crippen LogP contribution in [0.5, 0.6) is 5.75 Å². The van der Waals surface area contributed by atoms with E-state index in [1.807, 2.05) is 39.0 Å². The van der Waals surface area contributed by atoms with Gasteiger partial charge in [0.2, 0.25) is 0 Å². The van der Waals surface area contributed by atoms with Gasteiger partial charge in [-0.15, -0.1) is 0 Å². The average Bonchev–Trinajstić information content (AvgIpc) is 2.58. The summed E-state index contributed by atoms with van der Waals surface area (Å²) in [5.41, 5.74) is 0.718. The molecular weight excluding hydrogens is 318 g/mol. The molecule has 25 heavy (non-hydrogen) atoms. The molecule has 0 aromatic heterocycles. The third-order valence-electron chi connectivity index (χ3n) is 4.12. The summed E-state index contributed by atoms with van der Waals surface area (Å²) in [6, 6.07) is 8.16. The summed E-state index contributed by atoms with van der Waals surface area (Å²) < 4.78 is 10.7. The first-order chi connectivity index (χ1) is 11.9. The predicted octanol–water partition coefficient (Wildman–Crippen LogP) is 2.73. The van der Waals surface area contributed by atoms with Crippen LogP contribution in [-0.4, -0.2) is 63.0 Å². The SMILES string of the molecule is COc1ccccc1N1CCN(CCCNC(=O)OC(C)(C)C)CC1. The van der Waals surface area contributed by atoms with Gasteiger partial charge in [0.25, 0.3) is 0 Å². The predicted molar refractivity (Wildman–Crippen MR) is 101 cm³/mol. The van der Waals surface area contributed by atoms with Crippen LogP contribution in [0.2, 0.25) is 0 Å². The lowest BCUT2D eigenvalue weighted by molar-refractivity contribution is 0.0525. The fourth-order valence-electron chi connectivity index (χ4n) is 2.91. The normalized spacial score (nSPS) is 15.8. The lowest BCUT2D eigenvalue weighted by Gasteiger charge is -2.36. The van der Waals surface area contributed by atoms with Crippen LogP contribution in [0, 0.1) is 0 Å². The van der Waals surface area contributed by atoms with Gasteiger partial charge in [0.15, 0.2) is 0 Å². The Labute approximate surface area is 151 Å². The Morgan fingerprint density at radius 2 is 1.84 bits per heavy atom. The first kappa shape index (κ1) is 19.4. The molecule has 0 saturated carbocycles. The van der Waals surface area contributed by atoms with Gasteiger partial charge in [-0.3, -0.25) is 4.90 Å². The maximum atomic E-state index is 11.6. The van der Waals surface area contributed by atoms with Gasteiger partial charge in [-0.05, 0) is 45.9 Å². The fourth-order valence-corrected chi connectivity index (χ4v) is 2.91. The monoisotopic (exact) mass is 349 g/mol. The number of para-hydroxylation sites is 2. The highest BCUT2D eigenvalue weighted by Gasteiger charge is 2.19. The summed E-state index contributed by atoms with van der Waals surface area (Å²) in [5.74, 6) is 0.928. The third-order valence-corrected chi connectivity index (χ3v) is 4.12. The Kier molecular flexibility index (Phi) is 6.93. The molecule has 2 rings (SSSR count). The van der Waals surface area contributed by atoms with Gasteiger partial charge in [-0.25, -0.2) is 4.79 Å². The molecule has 1 fully saturated rings. The van der Waals surface area contributed by atoms with E-state index in [1.165, 1.54) is 0 Å². The van der Waals surface area contributed by atoms with Crippen molar-refractivity contribution in [1.82, 2.24) is 10.2 Å². The number of carbonyl (C=O) groups excluding carboxylic acids is 1. The highest BCUT2D eigenvalue weighted by Crippen LogP contribution is 2.28. The van der Waals surface area contributed by atoms with Gasteiger partial charge in [-0.1, -0.05) is 12.1 Å². The first-order valence-electron chi connectivity index (χ1n) is 8.96. The fraction of sp³-hybridized carbons (Fsp3) is 0.632. The number of methoxy groups -OCH3 is 1. The van der Waals surface area contributed by atoms with Crippen LogP contribution in [0.1, 0.15) is 27.2 Å². The second-order valence-corrected chi connectivity index (χ2v) is 7.28. The summed E-state index contributed by atoms with van der Waals surface area (Å²) in [6.07, 6.45) is 0.585. The molecule has 1 N–H and O–H groups in total. The quantitative estimate of drug-likeness (QED) is 0.801. The number of rotatable bonds is 6. The number of nitrogens with one attached hydrogen (secondary N) is 1. The van der Waals surface area contributed by atoms with Crippen molar-refractivity contribution in [1.29, 1.82) is 0 Å². The third kappa shape index (κ3) is 6.46. The Morgan fingerprint density at radius 3 is 2.48 bits per heavy atom. The van der Waals surface area contributed by atoms with Gasteiger partial charge >= 0.3 is 6.09 Å². The number of benzene rings is 1. The van der Waals surface area contributed by atoms with E-state index in [0.717, 1.165) is 50.6 Å². The first-order valence-corrected chi connectivity index (χ1v) is 8.96. The number of hydrogen-bond donors (Lipinski definition) is 1. The number of alkyl carbamates (subject to hydrolysis) is 1. The Bertz CT molecular complexity index is 549. The summed E-state index contributed by atoms with van der Waals surface area (Å²) >= 11 is 0. The van der Waals surface area contributed by atoms with Gasteiger partial charge < -0.3 is 19.7 Å². The molecule has 0 spiro atoms. The smallest absolute Gasteiger partial charge is 0.407 e. The van der Waals surface area contributed by atoms with E-state index in [1.54, 1.807) is 7.11 Å². The van der Waals surface area contributed by atoms with E-state index < -0.39 is 5.60 Å². The van der Waals surface area contributed by atoms with Crippen LogP contribution in [0.4, 0.5) is 10.5 Å². The van der Waals surface area contributed by atoms with E-state index in [2.05, 4.69) is 21.2 Å². The second kappa shape index (κ2) is 8.94. The van der Waals surface area contributed by atoms with E-state index in [9.17, 15) is 4.79 Å². The number of anilines is 1. The number of amides is 1. The number of nitrogens with zero attached hydrogens (tertiary/aromatic N) is 2. The molecule has 6 nitrogen and oxygen atoms in total. The molecule has 1 aliphatic heterocycles. The van der Waals surface area contributed by atoms with Crippen LogP contribution < -0.4 is 15.0 Å². The van der Waals surface area contributed by atoms with Gasteiger partial charge in [0.05, 0.1) is 12.8 Å². The van der Waals surface area contributed by atoms with Crippen molar-refractivity contribution in [2.75, 3.05) is 51.3 Å². The summed E-state index contributed by atoms with van der Waals surface area (Å²) in [6.45, 7) is 11.2. The molecule has 0 aliphatic carbocycles. The lowest BCUT2D eigenvalue weighted by Crippen LogP contribution is -2.47. The molecule has 0 unspecified atom stereocenters. The zero-order valence-electron chi connectivity index (χ0n) is 15.9. The van der Waals surface area contributed by atoms with Crippen molar-refractivity contribution < 1.29 is 14.3 Å². The zero-order valence-corrected chi connectivity index (χ0v) is 15.9. The molecule has 1 heterocycles. The molecule has 0 radical (unpaired) electrons.